The lowest BCUT2D eigenvalue weighted by Crippen LogP contribution is -1.84. The van der Waals surface area contributed by atoms with Gasteiger partial charge in [0.05, 0.1) is 0 Å². The third kappa shape index (κ3) is 2.19. The Morgan fingerprint density at radius 3 is 1.38 bits per heavy atom. The summed E-state index contributed by atoms with van der Waals surface area (Å²) in [6.07, 6.45) is 5.66. The molecule has 0 fully saturated rings. The van der Waals surface area contributed by atoms with Gasteiger partial charge in [0.2, 0.25) is 0 Å². The summed E-state index contributed by atoms with van der Waals surface area (Å²) in [6, 6.07) is 25.3. The lowest BCUT2D eigenvalue weighted by molar-refractivity contribution is 1.57. The molecule has 0 radical (unpaired) electrons. The van der Waals surface area contributed by atoms with E-state index in [2.05, 4.69) is 48.6 Å². The van der Waals surface area contributed by atoms with Gasteiger partial charge in [0.15, 0.2) is 0 Å². The van der Waals surface area contributed by atoms with Crippen LogP contribution in [0.1, 0.15) is 17.5 Å². The number of hydrogen-bond donors (Lipinski definition) is 0. The molecule has 3 aromatic carbocycles. The van der Waals surface area contributed by atoms with Crippen molar-refractivity contribution in [3.63, 3.8) is 0 Å². The van der Waals surface area contributed by atoms with Gasteiger partial charge in [0.25, 0.3) is 0 Å². The van der Waals surface area contributed by atoms with Gasteiger partial charge in [-0.05, 0) is 51.6 Å². The fraction of sp³-hybridized carbons (Fsp3) is 0.0476. The van der Waals surface area contributed by atoms with Gasteiger partial charge in [-0.2, -0.15) is 0 Å². The zero-order valence-corrected chi connectivity index (χ0v) is 11.8. The highest BCUT2D eigenvalue weighted by atomic mass is 14.3. The molecule has 3 aromatic rings. The summed E-state index contributed by atoms with van der Waals surface area (Å²) in [5.74, 6) is 0. The van der Waals surface area contributed by atoms with Gasteiger partial charge in [0, 0.05) is 0 Å². The van der Waals surface area contributed by atoms with Crippen molar-refractivity contribution in [1.82, 2.24) is 0 Å². The van der Waals surface area contributed by atoms with Crippen LogP contribution in [0.5, 0.6) is 0 Å². The molecular formula is C21H16. The second-order valence-electron chi connectivity index (χ2n) is 5.46. The zero-order chi connectivity index (χ0) is 14.1. The smallest absolute Gasteiger partial charge is 0.00134 e. The van der Waals surface area contributed by atoms with E-state index in [4.69, 9.17) is 0 Å². The van der Waals surface area contributed by atoms with E-state index in [0.29, 0.717) is 0 Å². The van der Waals surface area contributed by atoms with Crippen molar-refractivity contribution in [2.24, 2.45) is 0 Å². The summed E-state index contributed by atoms with van der Waals surface area (Å²) in [5, 5.41) is 2.70. The van der Waals surface area contributed by atoms with E-state index in [0.717, 1.165) is 6.42 Å². The van der Waals surface area contributed by atoms with Crippen molar-refractivity contribution in [2.45, 2.75) is 6.42 Å². The van der Waals surface area contributed by atoms with Crippen LogP contribution in [0.4, 0.5) is 0 Å². The average molecular weight is 268 g/mol. The minimum absolute atomic E-state index is 1.14. The highest BCUT2D eigenvalue weighted by molar-refractivity contribution is 6.02. The van der Waals surface area contributed by atoms with E-state index >= 15 is 0 Å². The van der Waals surface area contributed by atoms with Gasteiger partial charge in [-0.25, -0.2) is 0 Å². The molecule has 100 valence electrons. The van der Waals surface area contributed by atoms with Gasteiger partial charge in [-0.3, -0.25) is 0 Å². The number of benzene rings is 3. The number of allylic oxidation sites excluding steroid dienone is 4. The Hall–Kier alpha value is -2.60. The van der Waals surface area contributed by atoms with E-state index in [-0.39, 0.29) is 0 Å². The molecule has 21 heavy (non-hydrogen) atoms. The molecule has 0 aliphatic heterocycles. The molecule has 0 saturated carbocycles. The van der Waals surface area contributed by atoms with Gasteiger partial charge in [-0.1, -0.05) is 72.8 Å². The monoisotopic (exact) mass is 268 g/mol. The van der Waals surface area contributed by atoms with Crippen molar-refractivity contribution in [3.05, 3.63) is 96.1 Å². The molecule has 0 atom stereocenters. The quantitative estimate of drug-likeness (QED) is 0.490. The molecule has 5 rings (SSSR count). The lowest BCUT2D eigenvalue weighted by atomic mass is 9.98. The lowest BCUT2D eigenvalue weighted by Gasteiger charge is -2.06. The van der Waals surface area contributed by atoms with Crippen LogP contribution in [0.3, 0.4) is 0 Å². The molecule has 0 heteroatoms. The Morgan fingerprint density at radius 1 is 0.524 bits per heavy atom. The van der Waals surface area contributed by atoms with Crippen molar-refractivity contribution >= 4 is 21.9 Å². The van der Waals surface area contributed by atoms with E-state index < -0.39 is 0 Å². The second kappa shape index (κ2) is 5.06. The van der Waals surface area contributed by atoms with Crippen LogP contribution in [0.25, 0.3) is 21.9 Å². The Bertz CT molecular complexity index is 768. The minimum atomic E-state index is 1.14. The molecular weight excluding hydrogens is 252 g/mol. The SMILES string of the molecule is C1=C2CC(=C1)c1cc3ccccc3cc12.c1ccccc1. The number of rotatable bonds is 0. The van der Waals surface area contributed by atoms with Crippen LogP contribution in [0.2, 0.25) is 0 Å². The van der Waals surface area contributed by atoms with Crippen LogP contribution < -0.4 is 0 Å². The Balaban J connectivity index is 0.000000163. The standard InChI is InChI=1S/C15H10.C6H6/c1-2-4-11-9-15-13-6-5-12(7-13)14(15)8-10(11)3-1;1-2-4-6-5-3-1/h1-6,8-9H,7H2;1-6H. The van der Waals surface area contributed by atoms with Crippen LogP contribution in [-0.4, -0.2) is 0 Å². The predicted octanol–water partition coefficient (Wildman–Crippen LogP) is 5.71. The molecule has 2 bridgehead atoms. The fourth-order valence-electron chi connectivity index (χ4n) is 3.05. The van der Waals surface area contributed by atoms with Crippen LogP contribution in [0.15, 0.2) is 84.9 Å². The van der Waals surface area contributed by atoms with Crippen LogP contribution in [0, 0.1) is 0 Å². The highest BCUT2D eigenvalue weighted by Crippen LogP contribution is 2.45. The summed E-state index contributed by atoms with van der Waals surface area (Å²) in [6.45, 7) is 0. The van der Waals surface area contributed by atoms with Crippen molar-refractivity contribution in [1.29, 1.82) is 0 Å². The Labute approximate surface area is 125 Å². The molecule has 0 N–H and O–H groups in total. The fourth-order valence-corrected chi connectivity index (χ4v) is 3.05. The highest BCUT2D eigenvalue weighted by Gasteiger charge is 2.24. The van der Waals surface area contributed by atoms with Gasteiger partial charge < -0.3 is 0 Å². The summed E-state index contributed by atoms with van der Waals surface area (Å²) < 4.78 is 0. The topological polar surface area (TPSA) is 0 Å². The Morgan fingerprint density at radius 2 is 0.952 bits per heavy atom. The molecule has 0 amide bonds. The van der Waals surface area contributed by atoms with E-state index in [9.17, 15) is 0 Å². The molecule has 2 aliphatic rings. The molecule has 0 nitrogen and oxygen atoms in total. The average Bonchev–Trinajstić information content (AvgIpc) is 3.17. The van der Waals surface area contributed by atoms with E-state index in [1.54, 1.807) is 0 Å². The molecule has 2 aliphatic carbocycles. The first-order chi connectivity index (χ1) is 10.4. The maximum atomic E-state index is 2.33. The summed E-state index contributed by atoms with van der Waals surface area (Å²) in [5.41, 5.74) is 5.88. The minimum Gasteiger partial charge on any atom is -0.0623 e. The first kappa shape index (κ1) is 12.2. The van der Waals surface area contributed by atoms with Crippen LogP contribution in [-0.2, 0) is 0 Å². The largest absolute Gasteiger partial charge is 0.0623 e. The molecule has 0 heterocycles. The third-order valence-electron chi connectivity index (χ3n) is 4.11. The number of fused-ring (bicyclic) bond motifs is 6. The molecule has 0 saturated heterocycles. The molecule has 0 aromatic heterocycles. The van der Waals surface area contributed by atoms with Crippen molar-refractivity contribution in [2.75, 3.05) is 0 Å². The van der Waals surface area contributed by atoms with E-state index in [1.165, 1.54) is 33.0 Å². The first-order valence-electron chi connectivity index (χ1n) is 7.35. The summed E-state index contributed by atoms with van der Waals surface area (Å²) >= 11 is 0. The van der Waals surface area contributed by atoms with Crippen LogP contribution >= 0.6 is 0 Å². The van der Waals surface area contributed by atoms with Gasteiger partial charge in [0.1, 0.15) is 0 Å². The van der Waals surface area contributed by atoms with E-state index in [1.807, 2.05) is 36.4 Å². The normalized spacial score (nSPS) is 14.1. The third-order valence-corrected chi connectivity index (χ3v) is 4.11. The maximum absolute atomic E-state index is 2.33. The molecule has 0 spiro atoms. The van der Waals surface area contributed by atoms with Crippen molar-refractivity contribution < 1.29 is 0 Å². The van der Waals surface area contributed by atoms with Gasteiger partial charge in [-0.15, -0.1) is 0 Å². The Kier molecular flexibility index (Phi) is 2.93. The first-order valence-corrected chi connectivity index (χ1v) is 7.35. The summed E-state index contributed by atoms with van der Waals surface area (Å²) in [7, 11) is 0. The van der Waals surface area contributed by atoms with Crippen molar-refractivity contribution in [3.8, 4) is 0 Å². The van der Waals surface area contributed by atoms with Gasteiger partial charge >= 0.3 is 0 Å². The number of hydrogen-bond acceptors (Lipinski definition) is 0. The zero-order valence-electron chi connectivity index (χ0n) is 11.8. The second-order valence-corrected chi connectivity index (χ2v) is 5.46. The summed E-state index contributed by atoms with van der Waals surface area (Å²) in [4.78, 5) is 0. The molecule has 0 unspecified atom stereocenters. The predicted molar refractivity (Wildman–Crippen MR) is 91.0 cm³/mol. The maximum Gasteiger partial charge on any atom is -0.00134 e.